The van der Waals surface area contributed by atoms with E-state index in [2.05, 4.69) is 4.90 Å². The van der Waals surface area contributed by atoms with E-state index < -0.39 is 0 Å². The number of hydrogen-bond acceptors (Lipinski definition) is 3. The van der Waals surface area contributed by atoms with Gasteiger partial charge in [0, 0.05) is 19.2 Å². The monoisotopic (exact) mass is 252 g/mol. The number of rotatable bonds is 6. The Morgan fingerprint density at radius 3 is 2.44 bits per heavy atom. The van der Waals surface area contributed by atoms with Crippen molar-refractivity contribution in [1.29, 1.82) is 5.41 Å². The highest BCUT2D eigenvalue weighted by atomic mass is 19.1. The molecule has 1 rings (SSSR count). The normalized spacial score (nSPS) is 10.7. The molecular formula is C13H21FN4. The van der Waals surface area contributed by atoms with Crippen molar-refractivity contribution in [2.75, 3.05) is 39.1 Å². The van der Waals surface area contributed by atoms with Gasteiger partial charge in [-0.2, -0.15) is 0 Å². The van der Waals surface area contributed by atoms with Crippen LogP contribution in [0.1, 0.15) is 12.0 Å². The highest BCUT2D eigenvalue weighted by Gasteiger charge is 2.09. The van der Waals surface area contributed by atoms with E-state index in [4.69, 9.17) is 11.1 Å². The maximum Gasteiger partial charge on any atom is 0.147 e. The summed E-state index contributed by atoms with van der Waals surface area (Å²) < 4.78 is 13.8. The van der Waals surface area contributed by atoms with Crippen LogP contribution in [0.15, 0.2) is 18.2 Å². The SMILES string of the molecule is CN(C)CCCN(C)c1ccc(C(=N)N)cc1F. The zero-order valence-electron chi connectivity index (χ0n) is 11.2. The molecule has 1 aromatic rings. The molecule has 0 aliphatic heterocycles. The Balaban J connectivity index is 2.68. The van der Waals surface area contributed by atoms with Gasteiger partial charge in [0.15, 0.2) is 0 Å². The molecule has 0 radical (unpaired) electrons. The number of anilines is 1. The number of benzene rings is 1. The van der Waals surface area contributed by atoms with Crippen LogP contribution in [-0.2, 0) is 0 Å². The lowest BCUT2D eigenvalue weighted by Crippen LogP contribution is -2.24. The molecule has 0 saturated carbocycles. The molecule has 0 heterocycles. The van der Waals surface area contributed by atoms with E-state index in [1.54, 1.807) is 12.1 Å². The Morgan fingerprint density at radius 1 is 1.28 bits per heavy atom. The van der Waals surface area contributed by atoms with Crippen molar-refractivity contribution in [2.45, 2.75) is 6.42 Å². The first-order chi connectivity index (χ1) is 8.41. The average Bonchev–Trinajstić information content (AvgIpc) is 2.27. The molecule has 100 valence electrons. The van der Waals surface area contributed by atoms with E-state index in [9.17, 15) is 4.39 Å². The van der Waals surface area contributed by atoms with Crippen LogP contribution in [0.4, 0.5) is 10.1 Å². The minimum Gasteiger partial charge on any atom is -0.384 e. The van der Waals surface area contributed by atoms with Crippen LogP contribution in [0.5, 0.6) is 0 Å². The van der Waals surface area contributed by atoms with Crippen molar-refractivity contribution in [2.24, 2.45) is 5.73 Å². The lowest BCUT2D eigenvalue weighted by atomic mass is 10.1. The van der Waals surface area contributed by atoms with Gasteiger partial charge in [-0.05, 0) is 45.3 Å². The molecule has 4 nitrogen and oxygen atoms in total. The van der Waals surface area contributed by atoms with Crippen LogP contribution in [0, 0.1) is 11.2 Å². The topological polar surface area (TPSA) is 56.4 Å². The van der Waals surface area contributed by atoms with Gasteiger partial charge in [-0.15, -0.1) is 0 Å². The smallest absolute Gasteiger partial charge is 0.147 e. The Morgan fingerprint density at radius 2 is 1.94 bits per heavy atom. The Labute approximate surface area is 108 Å². The van der Waals surface area contributed by atoms with Crippen LogP contribution in [0.25, 0.3) is 0 Å². The fraction of sp³-hybridized carbons (Fsp3) is 0.462. The van der Waals surface area contributed by atoms with Crippen molar-refractivity contribution in [3.8, 4) is 0 Å². The van der Waals surface area contributed by atoms with Crippen LogP contribution >= 0.6 is 0 Å². The molecule has 0 aliphatic carbocycles. The Kier molecular flexibility index (Phi) is 5.09. The summed E-state index contributed by atoms with van der Waals surface area (Å²) in [6.07, 6.45) is 0.970. The molecule has 0 atom stereocenters. The summed E-state index contributed by atoms with van der Waals surface area (Å²) in [6, 6.07) is 4.64. The maximum absolute atomic E-state index is 13.8. The van der Waals surface area contributed by atoms with Gasteiger partial charge in [0.1, 0.15) is 11.7 Å². The molecule has 0 saturated heterocycles. The maximum atomic E-state index is 13.8. The number of nitrogen functional groups attached to an aromatic ring is 1. The number of nitrogens with two attached hydrogens (primary N) is 1. The molecule has 3 N–H and O–H groups in total. The molecule has 0 spiro atoms. The predicted molar refractivity (Wildman–Crippen MR) is 73.9 cm³/mol. The Hall–Kier alpha value is -1.62. The third kappa shape index (κ3) is 4.00. The third-order valence-corrected chi connectivity index (χ3v) is 2.77. The first-order valence-electron chi connectivity index (χ1n) is 5.91. The van der Waals surface area contributed by atoms with E-state index in [0.717, 1.165) is 19.5 Å². The van der Waals surface area contributed by atoms with E-state index >= 15 is 0 Å². The number of halogens is 1. The first kappa shape index (κ1) is 14.4. The molecule has 0 unspecified atom stereocenters. The third-order valence-electron chi connectivity index (χ3n) is 2.77. The molecule has 18 heavy (non-hydrogen) atoms. The van der Waals surface area contributed by atoms with Gasteiger partial charge >= 0.3 is 0 Å². The van der Waals surface area contributed by atoms with Crippen LogP contribution in [0.3, 0.4) is 0 Å². The molecule has 1 aromatic carbocycles. The largest absolute Gasteiger partial charge is 0.384 e. The second-order valence-electron chi connectivity index (χ2n) is 4.66. The van der Waals surface area contributed by atoms with Crippen molar-refractivity contribution >= 4 is 11.5 Å². The highest BCUT2D eigenvalue weighted by molar-refractivity contribution is 5.95. The van der Waals surface area contributed by atoms with Gasteiger partial charge in [-0.1, -0.05) is 0 Å². The quantitative estimate of drug-likeness (QED) is 0.596. The number of hydrogen-bond donors (Lipinski definition) is 2. The van der Waals surface area contributed by atoms with Gasteiger partial charge < -0.3 is 15.5 Å². The molecule has 0 amide bonds. The number of amidine groups is 1. The van der Waals surface area contributed by atoms with Gasteiger partial charge in [0.25, 0.3) is 0 Å². The summed E-state index contributed by atoms with van der Waals surface area (Å²) in [5.41, 5.74) is 6.28. The van der Waals surface area contributed by atoms with Crippen molar-refractivity contribution in [3.05, 3.63) is 29.6 Å². The van der Waals surface area contributed by atoms with Crippen LogP contribution < -0.4 is 10.6 Å². The zero-order valence-corrected chi connectivity index (χ0v) is 11.2. The summed E-state index contributed by atoms with van der Waals surface area (Å²) in [4.78, 5) is 3.98. The fourth-order valence-corrected chi connectivity index (χ4v) is 1.73. The van der Waals surface area contributed by atoms with Crippen LogP contribution in [0.2, 0.25) is 0 Å². The van der Waals surface area contributed by atoms with E-state index in [1.807, 2.05) is 26.0 Å². The van der Waals surface area contributed by atoms with E-state index in [0.29, 0.717) is 11.3 Å². The standard InChI is InChI=1S/C13H21FN4/c1-17(2)7-4-8-18(3)12-6-5-10(13(15)16)9-11(12)14/h5-6,9H,4,7-8H2,1-3H3,(H3,15,16). The van der Waals surface area contributed by atoms with Crippen molar-refractivity contribution in [3.63, 3.8) is 0 Å². The summed E-state index contributed by atoms with van der Waals surface area (Å²) >= 11 is 0. The summed E-state index contributed by atoms with van der Waals surface area (Å²) in [5, 5.41) is 7.26. The summed E-state index contributed by atoms with van der Waals surface area (Å²) in [7, 11) is 5.89. The van der Waals surface area contributed by atoms with Gasteiger partial charge in [0.2, 0.25) is 0 Å². The molecule has 0 bridgehead atoms. The van der Waals surface area contributed by atoms with E-state index in [-0.39, 0.29) is 11.7 Å². The van der Waals surface area contributed by atoms with Gasteiger partial charge in [0.05, 0.1) is 5.69 Å². The molecular weight excluding hydrogens is 231 g/mol. The van der Waals surface area contributed by atoms with Crippen molar-refractivity contribution < 1.29 is 4.39 Å². The van der Waals surface area contributed by atoms with Gasteiger partial charge in [-0.3, -0.25) is 5.41 Å². The number of nitrogens with zero attached hydrogens (tertiary/aromatic N) is 2. The zero-order chi connectivity index (χ0) is 13.7. The second-order valence-corrected chi connectivity index (χ2v) is 4.66. The predicted octanol–water partition coefficient (Wildman–Crippen LogP) is 1.50. The first-order valence-corrected chi connectivity index (χ1v) is 5.91. The van der Waals surface area contributed by atoms with Crippen LogP contribution in [-0.4, -0.2) is 45.0 Å². The number of nitrogens with one attached hydrogen (secondary N) is 1. The Bertz CT molecular complexity index is 417. The molecule has 0 fully saturated rings. The lowest BCUT2D eigenvalue weighted by Gasteiger charge is -2.21. The second kappa shape index (κ2) is 6.35. The lowest BCUT2D eigenvalue weighted by molar-refractivity contribution is 0.401. The highest BCUT2D eigenvalue weighted by Crippen LogP contribution is 2.19. The molecule has 0 aliphatic rings. The average molecular weight is 252 g/mol. The molecule has 5 heteroatoms. The van der Waals surface area contributed by atoms with Gasteiger partial charge in [-0.25, -0.2) is 4.39 Å². The summed E-state index contributed by atoms with van der Waals surface area (Å²) in [5.74, 6) is -0.453. The minimum atomic E-state index is -0.338. The van der Waals surface area contributed by atoms with Crippen molar-refractivity contribution in [1.82, 2.24) is 4.90 Å². The summed E-state index contributed by atoms with van der Waals surface area (Å²) in [6.45, 7) is 1.76. The fourth-order valence-electron chi connectivity index (χ4n) is 1.73. The van der Waals surface area contributed by atoms with E-state index in [1.165, 1.54) is 6.07 Å². The molecule has 0 aromatic heterocycles. The minimum absolute atomic E-state index is 0.115.